The van der Waals surface area contributed by atoms with Crippen molar-refractivity contribution in [3.05, 3.63) is 102 Å². The molecule has 0 radical (unpaired) electrons. The van der Waals surface area contributed by atoms with Crippen molar-refractivity contribution in [3.8, 4) is 0 Å². The van der Waals surface area contributed by atoms with Crippen LogP contribution in [0.15, 0.2) is 84.9 Å². The van der Waals surface area contributed by atoms with Crippen LogP contribution in [-0.4, -0.2) is 57.3 Å². The summed E-state index contributed by atoms with van der Waals surface area (Å²) in [6.45, 7) is 7.33. The lowest BCUT2D eigenvalue weighted by Crippen LogP contribution is -2.34. The Kier molecular flexibility index (Phi) is 10.0. The van der Waals surface area contributed by atoms with Gasteiger partial charge in [-0.15, -0.1) is 0 Å². The van der Waals surface area contributed by atoms with E-state index in [9.17, 15) is 14.4 Å². The molecule has 0 unspecified atom stereocenters. The molecule has 4 aromatic rings. The number of hydrogen-bond acceptors (Lipinski definition) is 6. The minimum atomic E-state index is -0.550. The van der Waals surface area contributed by atoms with Gasteiger partial charge in [0, 0.05) is 17.7 Å². The predicted molar refractivity (Wildman–Crippen MR) is 160 cm³/mol. The van der Waals surface area contributed by atoms with E-state index >= 15 is 0 Å². The average Bonchev–Trinajstić information content (AvgIpc) is 3.29. The summed E-state index contributed by atoms with van der Waals surface area (Å²) >= 11 is 0. The molecule has 1 aromatic heterocycles. The van der Waals surface area contributed by atoms with E-state index in [0.717, 1.165) is 29.7 Å². The number of ketones is 2. The highest BCUT2D eigenvalue weighted by Crippen LogP contribution is 2.19. The third-order valence-electron chi connectivity index (χ3n) is 6.53. The zero-order chi connectivity index (χ0) is 29.2. The van der Waals surface area contributed by atoms with Gasteiger partial charge in [-0.2, -0.15) is 0 Å². The maximum Gasteiger partial charge on any atom is 0.407 e. The molecule has 1 N–H and O–H groups in total. The highest BCUT2D eigenvalue weighted by Gasteiger charge is 2.20. The van der Waals surface area contributed by atoms with E-state index in [1.807, 2.05) is 110 Å². The smallest absolute Gasteiger partial charge is 0.407 e. The van der Waals surface area contributed by atoms with E-state index in [4.69, 9.17) is 9.72 Å². The third kappa shape index (κ3) is 8.85. The summed E-state index contributed by atoms with van der Waals surface area (Å²) in [4.78, 5) is 45.3. The highest BCUT2D eigenvalue weighted by molar-refractivity contribution is 5.98. The van der Waals surface area contributed by atoms with Crippen LogP contribution in [0.1, 0.15) is 60.2 Å². The maximum atomic E-state index is 13.2. The van der Waals surface area contributed by atoms with Gasteiger partial charge in [0.05, 0.1) is 30.7 Å². The molecule has 8 nitrogen and oxygen atoms in total. The van der Waals surface area contributed by atoms with Crippen molar-refractivity contribution in [1.29, 1.82) is 0 Å². The van der Waals surface area contributed by atoms with Crippen LogP contribution in [0.25, 0.3) is 11.0 Å². The van der Waals surface area contributed by atoms with E-state index in [1.54, 1.807) is 0 Å². The molecule has 0 aliphatic heterocycles. The molecular weight excluding hydrogens is 516 g/mol. The lowest BCUT2D eigenvalue weighted by atomic mass is 10.1. The maximum absolute atomic E-state index is 13.2. The van der Waals surface area contributed by atoms with E-state index in [2.05, 4.69) is 10.2 Å². The topological polar surface area (TPSA) is 93.5 Å². The molecule has 0 bridgehead atoms. The molecule has 0 atom stereocenters. The zero-order valence-corrected chi connectivity index (χ0v) is 24.0. The van der Waals surface area contributed by atoms with Crippen LogP contribution >= 0.6 is 0 Å². The van der Waals surface area contributed by atoms with Crippen molar-refractivity contribution in [2.75, 3.05) is 19.6 Å². The Bertz CT molecular complexity index is 1460. The number of hydrogen-bond donors (Lipinski definition) is 1. The number of amides is 1. The molecule has 41 heavy (non-hydrogen) atoms. The lowest BCUT2D eigenvalue weighted by molar-refractivity contribution is 0.0526. The first-order valence-corrected chi connectivity index (χ1v) is 14.0. The molecule has 0 saturated heterocycles. The SMILES string of the molecule is CC(C)(C)OC(=O)NCCCCN(CC(=O)c1ccccc1)Cc1nc2ccccc2n1CC(=O)c1ccccc1. The van der Waals surface area contributed by atoms with Crippen molar-refractivity contribution in [2.24, 2.45) is 0 Å². The first-order chi connectivity index (χ1) is 19.7. The fourth-order valence-electron chi connectivity index (χ4n) is 4.58. The second-order valence-corrected chi connectivity index (χ2v) is 11.0. The molecule has 1 heterocycles. The first kappa shape index (κ1) is 29.7. The number of nitrogens with one attached hydrogen (secondary N) is 1. The Morgan fingerprint density at radius 1 is 0.829 bits per heavy atom. The number of para-hydroxylation sites is 2. The number of rotatable bonds is 13. The molecule has 0 fully saturated rings. The Morgan fingerprint density at radius 3 is 2.10 bits per heavy atom. The molecule has 1 amide bonds. The zero-order valence-electron chi connectivity index (χ0n) is 24.0. The number of alkyl carbamates (subject to hydrolysis) is 1. The van der Waals surface area contributed by atoms with E-state index in [0.29, 0.717) is 30.8 Å². The van der Waals surface area contributed by atoms with Gasteiger partial charge in [-0.3, -0.25) is 14.5 Å². The number of nitrogens with zero attached hydrogens (tertiary/aromatic N) is 3. The quantitative estimate of drug-likeness (QED) is 0.163. The van der Waals surface area contributed by atoms with Crippen LogP contribution in [0.3, 0.4) is 0 Å². The Labute approximate surface area is 241 Å². The number of imidazole rings is 1. The molecule has 0 aliphatic carbocycles. The normalized spacial score (nSPS) is 11.5. The standard InChI is InChI=1S/C33H38N4O4/c1-33(2,3)41-32(40)34-20-12-13-21-36(22-29(38)25-14-6-4-7-15-25)24-31-35-27-18-10-11-19-28(27)37(31)23-30(39)26-16-8-5-9-17-26/h4-11,14-19H,12-13,20-24H2,1-3H3,(H,34,40). The van der Waals surface area contributed by atoms with Gasteiger partial charge in [0.25, 0.3) is 0 Å². The Balaban J connectivity index is 1.50. The summed E-state index contributed by atoms with van der Waals surface area (Å²) in [5, 5.41) is 2.79. The number of carbonyl (C=O) groups is 3. The lowest BCUT2D eigenvalue weighted by Gasteiger charge is -2.22. The summed E-state index contributed by atoms with van der Waals surface area (Å²) < 4.78 is 7.26. The predicted octanol–water partition coefficient (Wildman–Crippen LogP) is 5.91. The molecule has 0 spiro atoms. The van der Waals surface area contributed by atoms with Crippen molar-refractivity contribution in [1.82, 2.24) is 19.8 Å². The van der Waals surface area contributed by atoms with Crippen LogP contribution in [-0.2, 0) is 17.8 Å². The number of Topliss-reactive ketones (excluding diaryl/α,β-unsaturated/α-hetero) is 2. The van der Waals surface area contributed by atoms with Gasteiger partial charge < -0.3 is 14.6 Å². The van der Waals surface area contributed by atoms with Crippen molar-refractivity contribution in [2.45, 2.75) is 52.3 Å². The molecule has 0 saturated carbocycles. The second-order valence-electron chi connectivity index (χ2n) is 11.0. The van der Waals surface area contributed by atoms with Crippen molar-refractivity contribution in [3.63, 3.8) is 0 Å². The summed E-state index contributed by atoms with van der Waals surface area (Å²) in [5.41, 5.74) is 2.43. The number of benzene rings is 3. The number of fused-ring (bicyclic) bond motifs is 1. The van der Waals surface area contributed by atoms with Gasteiger partial charge in [-0.1, -0.05) is 72.8 Å². The van der Waals surface area contributed by atoms with Crippen LogP contribution in [0.2, 0.25) is 0 Å². The van der Waals surface area contributed by atoms with Gasteiger partial charge >= 0.3 is 6.09 Å². The van der Waals surface area contributed by atoms with Crippen molar-refractivity contribution < 1.29 is 19.1 Å². The number of ether oxygens (including phenoxy) is 1. The average molecular weight is 555 g/mol. The summed E-state index contributed by atoms with van der Waals surface area (Å²) in [7, 11) is 0. The molecular formula is C33H38N4O4. The number of unbranched alkanes of at least 4 members (excludes halogenated alkanes) is 1. The van der Waals surface area contributed by atoms with Gasteiger partial charge in [0.1, 0.15) is 11.4 Å². The van der Waals surface area contributed by atoms with Crippen LogP contribution in [0, 0.1) is 0 Å². The van der Waals surface area contributed by atoms with Crippen LogP contribution in [0.4, 0.5) is 4.79 Å². The minimum Gasteiger partial charge on any atom is -0.444 e. The third-order valence-corrected chi connectivity index (χ3v) is 6.53. The first-order valence-electron chi connectivity index (χ1n) is 14.0. The van der Waals surface area contributed by atoms with Crippen molar-refractivity contribution >= 4 is 28.7 Å². The summed E-state index contributed by atoms with van der Waals surface area (Å²) in [6, 6.07) is 26.2. The molecule has 3 aromatic carbocycles. The largest absolute Gasteiger partial charge is 0.444 e. The molecule has 4 rings (SSSR count). The van der Waals surface area contributed by atoms with Gasteiger partial charge in [0.15, 0.2) is 11.6 Å². The van der Waals surface area contributed by atoms with E-state index in [1.165, 1.54) is 0 Å². The second kappa shape index (κ2) is 13.9. The molecule has 214 valence electrons. The molecule has 8 heteroatoms. The fraction of sp³-hybridized carbons (Fsp3) is 0.333. The summed E-state index contributed by atoms with van der Waals surface area (Å²) in [6.07, 6.45) is 1.03. The summed E-state index contributed by atoms with van der Waals surface area (Å²) in [5.74, 6) is 0.735. The number of carbonyl (C=O) groups excluding carboxylic acids is 3. The van der Waals surface area contributed by atoms with Gasteiger partial charge in [0.2, 0.25) is 0 Å². The Hall–Kier alpha value is -4.30. The fourth-order valence-corrected chi connectivity index (χ4v) is 4.58. The monoisotopic (exact) mass is 554 g/mol. The van der Waals surface area contributed by atoms with E-state index in [-0.39, 0.29) is 24.7 Å². The van der Waals surface area contributed by atoms with Crippen LogP contribution in [0.5, 0.6) is 0 Å². The minimum absolute atomic E-state index is 0.00451. The van der Waals surface area contributed by atoms with Gasteiger partial charge in [-0.25, -0.2) is 9.78 Å². The number of aromatic nitrogens is 2. The van der Waals surface area contributed by atoms with Gasteiger partial charge in [-0.05, 0) is 52.3 Å². The molecule has 0 aliphatic rings. The highest BCUT2D eigenvalue weighted by atomic mass is 16.6. The van der Waals surface area contributed by atoms with E-state index < -0.39 is 11.7 Å². The van der Waals surface area contributed by atoms with Crippen LogP contribution < -0.4 is 5.32 Å². The Morgan fingerprint density at radius 2 is 1.44 bits per heavy atom.